The molecule has 1 N–H and O–H groups in total. The molecule has 0 aromatic carbocycles. The van der Waals surface area contributed by atoms with Crippen LogP contribution in [0, 0.1) is 0 Å². The van der Waals surface area contributed by atoms with Gasteiger partial charge in [-0.3, -0.25) is 9.59 Å². The number of ketones is 2. The highest BCUT2D eigenvalue weighted by Crippen LogP contribution is 2.01. The van der Waals surface area contributed by atoms with E-state index in [1.807, 2.05) is 6.92 Å². The minimum Gasteiger partial charge on any atom is -0.373 e. The fraction of sp³-hybridized carbons (Fsp3) is 0.636. The molecule has 0 aromatic heterocycles. The van der Waals surface area contributed by atoms with E-state index in [1.54, 1.807) is 6.92 Å². The zero-order valence-corrected chi connectivity index (χ0v) is 9.22. The fourth-order valence-electron chi connectivity index (χ4n) is 0.932. The number of Topliss-reactive ketones (excluding diaryl/α,β-unsaturated/α-hetero) is 2. The Balaban J connectivity index is 3.95. The monoisotopic (exact) mass is 197 g/mol. The first-order chi connectivity index (χ1) is 6.49. The van der Waals surface area contributed by atoms with Crippen molar-refractivity contribution in [1.82, 2.24) is 5.32 Å². The van der Waals surface area contributed by atoms with Gasteiger partial charge in [-0.05, 0) is 20.3 Å². The number of hydrogen-bond donors (Lipinski definition) is 1. The first-order valence-corrected chi connectivity index (χ1v) is 4.98. The van der Waals surface area contributed by atoms with E-state index >= 15 is 0 Å². The third kappa shape index (κ3) is 4.80. The molecule has 0 aromatic rings. The maximum atomic E-state index is 11.4. The topological polar surface area (TPSA) is 46.2 Å². The molecule has 80 valence electrons. The summed E-state index contributed by atoms with van der Waals surface area (Å²) in [6.45, 7) is 8.86. The van der Waals surface area contributed by atoms with Gasteiger partial charge in [-0.1, -0.05) is 19.9 Å². The summed E-state index contributed by atoms with van der Waals surface area (Å²) in [5, 5.41) is 2.79. The van der Waals surface area contributed by atoms with Crippen molar-refractivity contribution in [2.75, 3.05) is 0 Å². The second-order valence-electron chi connectivity index (χ2n) is 3.48. The Morgan fingerprint density at radius 1 is 1.43 bits per heavy atom. The Morgan fingerprint density at radius 3 is 2.43 bits per heavy atom. The Labute approximate surface area is 85.6 Å². The summed E-state index contributed by atoms with van der Waals surface area (Å²) in [6, 6.07) is -0.326. The highest BCUT2D eigenvalue weighted by molar-refractivity contribution is 5.95. The molecule has 0 bridgehead atoms. The van der Waals surface area contributed by atoms with Crippen LogP contribution < -0.4 is 5.32 Å². The lowest BCUT2D eigenvalue weighted by molar-refractivity contribution is -0.118. The van der Waals surface area contributed by atoms with E-state index in [1.165, 1.54) is 6.92 Å². The van der Waals surface area contributed by atoms with Crippen LogP contribution in [0.3, 0.4) is 0 Å². The lowest BCUT2D eigenvalue weighted by Gasteiger charge is -2.13. The number of allylic oxidation sites excluding steroid dienone is 1. The molecule has 0 aliphatic rings. The lowest BCUT2D eigenvalue weighted by Crippen LogP contribution is -2.33. The molecule has 14 heavy (non-hydrogen) atoms. The maximum absolute atomic E-state index is 11.4. The van der Waals surface area contributed by atoms with Gasteiger partial charge in [0.2, 0.25) is 0 Å². The summed E-state index contributed by atoms with van der Waals surface area (Å²) in [4.78, 5) is 22.3. The second kappa shape index (κ2) is 6.35. The van der Waals surface area contributed by atoms with E-state index in [-0.39, 0.29) is 17.6 Å². The van der Waals surface area contributed by atoms with Crippen LogP contribution in [0.1, 0.15) is 40.0 Å². The highest BCUT2D eigenvalue weighted by atomic mass is 16.1. The van der Waals surface area contributed by atoms with Gasteiger partial charge < -0.3 is 5.32 Å². The molecule has 0 saturated heterocycles. The van der Waals surface area contributed by atoms with Gasteiger partial charge in [-0.2, -0.15) is 0 Å². The van der Waals surface area contributed by atoms with Crippen molar-refractivity contribution in [3.8, 4) is 0 Å². The van der Waals surface area contributed by atoms with Gasteiger partial charge in [-0.25, -0.2) is 0 Å². The Bertz CT molecular complexity index is 233. The molecule has 0 saturated carbocycles. The first kappa shape index (κ1) is 12.9. The fourth-order valence-corrected chi connectivity index (χ4v) is 0.932. The van der Waals surface area contributed by atoms with Crippen LogP contribution in [0.2, 0.25) is 0 Å². The quantitative estimate of drug-likeness (QED) is 0.633. The van der Waals surface area contributed by atoms with Crippen molar-refractivity contribution in [3.05, 3.63) is 12.3 Å². The van der Waals surface area contributed by atoms with E-state index < -0.39 is 0 Å². The predicted octanol–water partition coefficient (Wildman–Crippen LogP) is 1.83. The van der Waals surface area contributed by atoms with Gasteiger partial charge in [0.1, 0.15) is 0 Å². The molecule has 0 unspecified atom stereocenters. The van der Waals surface area contributed by atoms with E-state index in [9.17, 15) is 9.59 Å². The minimum atomic E-state index is -0.326. The number of rotatable bonds is 7. The van der Waals surface area contributed by atoms with Crippen LogP contribution in [0.15, 0.2) is 12.3 Å². The number of hydrogen-bond acceptors (Lipinski definition) is 3. The van der Waals surface area contributed by atoms with Gasteiger partial charge in [0.15, 0.2) is 11.6 Å². The molecule has 0 aliphatic carbocycles. The first-order valence-electron chi connectivity index (χ1n) is 4.98. The van der Waals surface area contributed by atoms with Crippen molar-refractivity contribution in [2.24, 2.45) is 0 Å². The van der Waals surface area contributed by atoms with Crippen LogP contribution in [0.5, 0.6) is 0 Å². The molecule has 3 heteroatoms. The maximum Gasteiger partial charge on any atom is 0.178 e. The zero-order chi connectivity index (χ0) is 11.1. The van der Waals surface area contributed by atoms with Crippen molar-refractivity contribution < 1.29 is 9.59 Å². The van der Waals surface area contributed by atoms with Gasteiger partial charge in [0, 0.05) is 6.42 Å². The van der Waals surface area contributed by atoms with E-state index in [4.69, 9.17) is 0 Å². The van der Waals surface area contributed by atoms with Gasteiger partial charge in [0.25, 0.3) is 0 Å². The third-order valence-corrected chi connectivity index (χ3v) is 2.09. The van der Waals surface area contributed by atoms with Gasteiger partial charge >= 0.3 is 0 Å². The SMILES string of the molecule is C=C(N[C@@H](C)C(C)=O)C(=O)CCCC. The van der Waals surface area contributed by atoms with E-state index in [0.717, 1.165) is 12.8 Å². The van der Waals surface area contributed by atoms with E-state index in [0.29, 0.717) is 12.1 Å². The molecule has 0 radical (unpaired) electrons. The highest BCUT2D eigenvalue weighted by Gasteiger charge is 2.11. The van der Waals surface area contributed by atoms with Crippen LogP contribution in [-0.4, -0.2) is 17.6 Å². The zero-order valence-electron chi connectivity index (χ0n) is 9.22. The molecule has 0 rings (SSSR count). The molecule has 0 amide bonds. The molecular weight excluding hydrogens is 178 g/mol. The van der Waals surface area contributed by atoms with Crippen LogP contribution in [0.4, 0.5) is 0 Å². The molecule has 0 fully saturated rings. The average Bonchev–Trinajstić information content (AvgIpc) is 2.13. The largest absolute Gasteiger partial charge is 0.373 e. The molecular formula is C11H19NO2. The Hall–Kier alpha value is -1.12. The lowest BCUT2D eigenvalue weighted by atomic mass is 10.1. The summed E-state index contributed by atoms with van der Waals surface area (Å²) in [6.07, 6.45) is 2.36. The number of unbranched alkanes of at least 4 members (excludes halogenated alkanes) is 1. The summed E-state index contributed by atoms with van der Waals surface area (Å²) < 4.78 is 0. The molecule has 3 nitrogen and oxygen atoms in total. The second-order valence-corrected chi connectivity index (χ2v) is 3.48. The number of carbonyl (C=O) groups is 2. The van der Waals surface area contributed by atoms with Gasteiger partial charge in [0.05, 0.1) is 11.7 Å². The Kier molecular flexibility index (Phi) is 5.84. The van der Waals surface area contributed by atoms with Crippen LogP contribution >= 0.6 is 0 Å². The smallest absolute Gasteiger partial charge is 0.178 e. The minimum absolute atomic E-state index is 0.0000463. The van der Waals surface area contributed by atoms with Crippen LogP contribution in [-0.2, 0) is 9.59 Å². The summed E-state index contributed by atoms with van der Waals surface area (Å²) in [5.41, 5.74) is 0.348. The van der Waals surface area contributed by atoms with Crippen molar-refractivity contribution >= 4 is 11.6 Å². The van der Waals surface area contributed by atoms with E-state index in [2.05, 4.69) is 11.9 Å². The molecule has 0 spiro atoms. The van der Waals surface area contributed by atoms with Gasteiger partial charge in [-0.15, -0.1) is 0 Å². The number of nitrogens with one attached hydrogen (secondary N) is 1. The van der Waals surface area contributed by atoms with Crippen molar-refractivity contribution in [1.29, 1.82) is 0 Å². The standard InChI is InChI=1S/C11H19NO2/c1-5-6-7-11(14)9(3)12-8(2)10(4)13/h8,12H,3,5-7H2,1-2,4H3/t8-/m0/s1. The summed E-state index contributed by atoms with van der Waals surface area (Å²) in [7, 11) is 0. The Morgan fingerprint density at radius 2 is 2.00 bits per heavy atom. The average molecular weight is 197 g/mol. The predicted molar refractivity (Wildman–Crippen MR) is 57.0 cm³/mol. The van der Waals surface area contributed by atoms with Crippen LogP contribution in [0.25, 0.3) is 0 Å². The summed E-state index contributed by atoms with van der Waals surface area (Å²) >= 11 is 0. The normalized spacial score (nSPS) is 11.9. The molecule has 0 heterocycles. The number of carbonyl (C=O) groups excluding carboxylic acids is 2. The summed E-state index contributed by atoms with van der Waals surface area (Å²) in [5.74, 6) is 0.00870. The molecule has 0 aliphatic heterocycles. The third-order valence-electron chi connectivity index (χ3n) is 2.09. The van der Waals surface area contributed by atoms with Crippen molar-refractivity contribution in [3.63, 3.8) is 0 Å². The molecule has 1 atom stereocenters. The van der Waals surface area contributed by atoms with Crippen molar-refractivity contribution in [2.45, 2.75) is 46.1 Å².